The molecule has 8 heteroatoms. The van der Waals surface area contributed by atoms with Crippen molar-refractivity contribution >= 4 is 27.5 Å². The van der Waals surface area contributed by atoms with Crippen molar-refractivity contribution in [2.45, 2.75) is 13.5 Å². The fraction of sp³-hybridized carbons (Fsp3) is 0.533. The Morgan fingerprint density at radius 1 is 1.39 bits per heavy atom. The monoisotopic (exact) mass is 336 g/mol. The normalized spacial score (nSPS) is 14.7. The molecule has 1 aliphatic rings. The lowest BCUT2D eigenvalue weighted by Crippen LogP contribution is -2.48. The van der Waals surface area contributed by atoms with Crippen molar-refractivity contribution < 1.29 is 14.3 Å². The van der Waals surface area contributed by atoms with E-state index in [0.29, 0.717) is 35.7 Å². The standard InChI is InChI=1S/C15H20N4O3S/c1-8-11-14(22-3)18-10(7-21-2)19-15(11)23-12(8)13(20)17-6-9-4-16-5-9/h9,16H,4-7H2,1-3H3,(H,17,20). The van der Waals surface area contributed by atoms with Gasteiger partial charge in [-0.3, -0.25) is 4.79 Å². The lowest BCUT2D eigenvalue weighted by Gasteiger charge is -2.26. The third-order valence-corrected chi connectivity index (χ3v) is 5.08. The van der Waals surface area contributed by atoms with E-state index in [1.165, 1.54) is 11.3 Å². The van der Waals surface area contributed by atoms with E-state index in [-0.39, 0.29) is 5.91 Å². The summed E-state index contributed by atoms with van der Waals surface area (Å²) in [6.45, 7) is 4.83. The second-order valence-electron chi connectivity index (χ2n) is 5.55. The summed E-state index contributed by atoms with van der Waals surface area (Å²) in [5, 5.41) is 6.99. The van der Waals surface area contributed by atoms with Gasteiger partial charge in [-0.15, -0.1) is 11.3 Å². The molecule has 0 saturated carbocycles. The number of hydrogen-bond donors (Lipinski definition) is 2. The summed E-state index contributed by atoms with van der Waals surface area (Å²) in [4.78, 5) is 22.7. The van der Waals surface area contributed by atoms with E-state index in [9.17, 15) is 4.79 Å². The van der Waals surface area contributed by atoms with Gasteiger partial charge in [0.25, 0.3) is 5.91 Å². The van der Waals surface area contributed by atoms with Gasteiger partial charge >= 0.3 is 0 Å². The quantitative estimate of drug-likeness (QED) is 0.822. The summed E-state index contributed by atoms with van der Waals surface area (Å²) in [7, 11) is 3.16. The molecular formula is C15H20N4O3S. The van der Waals surface area contributed by atoms with Crippen LogP contribution in [0.3, 0.4) is 0 Å². The van der Waals surface area contributed by atoms with E-state index in [0.717, 1.165) is 28.9 Å². The molecule has 124 valence electrons. The van der Waals surface area contributed by atoms with Crippen LogP contribution in [0.4, 0.5) is 0 Å². The molecule has 2 aromatic rings. The number of fused-ring (bicyclic) bond motifs is 1. The van der Waals surface area contributed by atoms with Crippen LogP contribution in [0, 0.1) is 12.8 Å². The van der Waals surface area contributed by atoms with E-state index in [2.05, 4.69) is 20.6 Å². The van der Waals surface area contributed by atoms with Crippen molar-refractivity contribution in [2.75, 3.05) is 33.9 Å². The van der Waals surface area contributed by atoms with Crippen LogP contribution < -0.4 is 15.4 Å². The number of aromatic nitrogens is 2. The average molecular weight is 336 g/mol. The SMILES string of the molecule is COCc1nc(OC)c2c(C)c(C(=O)NCC3CNC3)sc2n1. The lowest BCUT2D eigenvalue weighted by atomic mass is 10.0. The number of thiophene rings is 1. The Balaban J connectivity index is 1.91. The van der Waals surface area contributed by atoms with Gasteiger partial charge < -0.3 is 20.1 Å². The van der Waals surface area contributed by atoms with Crippen molar-refractivity contribution in [2.24, 2.45) is 5.92 Å². The zero-order valence-corrected chi connectivity index (χ0v) is 14.2. The molecule has 0 radical (unpaired) electrons. The molecule has 3 heterocycles. The van der Waals surface area contributed by atoms with Gasteiger partial charge in [0.15, 0.2) is 5.82 Å². The Kier molecular flexibility index (Phi) is 4.74. The summed E-state index contributed by atoms with van der Waals surface area (Å²) >= 11 is 1.36. The van der Waals surface area contributed by atoms with Crippen LogP contribution in [-0.2, 0) is 11.3 Å². The van der Waals surface area contributed by atoms with E-state index < -0.39 is 0 Å². The minimum Gasteiger partial charge on any atom is -0.480 e. The molecule has 0 aromatic carbocycles. The zero-order valence-electron chi connectivity index (χ0n) is 13.4. The highest BCUT2D eigenvalue weighted by molar-refractivity contribution is 7.20. The first-order valence-electron chi connectivity index (χ1n) is 7.46. The summed E-state index contributed by atoms with van der Waals surface area (Å²) in [6, 6.07) is 0. The number of carbonyl (C=O) groups is 1. The highest BCUT2D eigenvalue weighted by atomic mass is 32.1. The number of nitrogens with zero attached hydrogens (tertiary/aromatic N) is 2. The third-order valence-electron chi connectivity index (χ3n) is 3.89. The Hall–Kier alpha value is -1.77. The molecule has 23 heavy (non-hydrogen) atoms. The van der Waals surface area contributed by atoms with Crippen LogP contribution in [0.2, 0.25) is 0 Å². The molecule has 0 aliphatic carbocycles. The molecule has 1 amide bonds. The van der Waals surface area contributed by atoms with Crippen LogP contribution >= 0.6 is 11.3 Å². The van der Waals surface area contributed by atoms with Gasteiger partial charge in [-0.25, -0.2) is 4.98 Å². The first-order valence-corrected chi connectivity index (χ1v) is 8.27. The van der Waals surface area contributed by atoms with Crippen LogP contribution in [-0.4, -0.2) is 49.7 Å². The molecule has 7 nitrogen and oxygen atoms in total. The van der Waals surface area contributed by atoms with E-state index in [1.807, 2.05) is 6.92 Å². The van der Waals surface area contributed by atoms with Gasteiger partial charge in [0.2, 0.25) is 5.88 Å². The van der Waals surface area contributed by atoms with Gasteiger partial charge in [0.05, 0.1) is 17.4 Å². The van der Waals surface area contributed by atoms with Gasteiger partial charge in [0.1, 0.15) is 11.4 Å². The molecule has 2 aromatic heterocycles. The summed E-state index contributed by atoms with van der Waals surface area (Å²) < 4.78 is 10.5. The van der Waals surface area contributed by atoms with Crippen molar-refractivity contribution in [1.29, 1.82) is 0 Å². The molecule has 0 bridgehead atoms. The first kappa shape index (κ1) is 16.1. The molecule has 1 fully saturated rings. The number of rotatable bonds is 6. The minimum absolute atomic E-state index is 0.0623. The molecule has 0 unspecified atom stereocenters. The number of hydrogen-bond acceptors (Lipinski definition) is 7. The minimum atomic E-state index is -0.0623. The number of amides is 1. The van der Waals surface area contributed by atoms with Gasteiger partial charge in [-0.1, -0.05) is 0 Å². The number of ether oxygens (including phenoxy) is 2. The van der Waals surface area contributed by atoms with Crippen molar-refractivity contribution in [3.63, 3.8) is 0 Å². The number of aryl methyl sites for hydroxylation is 1. The van der Waals surface area contributed by atoms with Gasteiger partial charge in [-0.2, -0.15) is 4.98 Å². The van der Waals surface area contributed by atoms with Crippen LogP contribution in [0.1, 0.15) is 21.1 Å². The van der Waals surface area contributed by atoms with Crippen molar-refractivity contribution in [3.8, 4) is 5.88 Å². The van der Waals surface area contributed by atoms with Crippen LogP contribution in [0.5, 0.6) is 5.88 Å². The Labute approximate surface area is 138 Å². The molecule has 1 aliphatic heterocycles. The Morgan fingerprint density at radius 2 is 2.17 bits per heavy atom. The second-order valence-corrected chi connectivity index (χ2v) is 6.55. The molecule has 3 rings (SSSR count). The van der Waals surface area contributed by atoms with Crippen LogP contribution in [0.15, 0.2) is 0 Å². The Morgan fingerprint density at radius 3 is 2.78 bits per heavy atom. The van der Waals surface area contributed by atoms with Crippen molar-refractivity contribution in [3.05, 3.63) is 16.3 Å². The maximum Gasteiger partial charge on any atom is 0.261 e. The average Bonchev–Trinajstić information content (AvgIpc) is 2.82. The van der Waals surface area contributed by atoms with E-state index in [4.69, 9.17) is 9.47 Å². The van der Waals surface area contributed by atoms with E-state index in [1.54, 1.807) is 14.2 Å². The predicted molar refractivity (Wildman–Crippen MR) is 88.1 cm³/mol. The van der Waals surface area contributed by atoms with Crippen molar-refractivity contribution in [1.82, 2.24) is 20.6 Å². The predicted octanol–water partition coefficient (Wildman–Crippen LogP) is 1.10. The van der Waals surface area contributed by atoms with Crippen LogP contribution in [0.25, 0.3) is 10.2 Å². The molecule has 0 spiro atoms. The highest BCUT2D eigenvalue weighted by Gasteiger charge is 2.23. The molecule has 0 atom stereocenters. The molecule has 2 N–H and O–H groups in total. The molecular weight excluding hydrogens is 316 g/mol. The number of methoxy groups -OCH3 is 2. The fourth-order valence-corrected chi connectivity index (χ4v) is 3.62. The summed E-state index contributed by atoms with van der Waals surface area (Å²) in [5.41, 5.74) is 0.857. The third kappa shape index (κ3) is 3.15. The largest absolute Gasteiger partial charge is 0.480 e. The Bertz CT molecular complexity index is 727. The second kappa shape index (κ2) is 6.77. The molecule has 1 saturated heterocycles. The van der Waals surface area contributed by atoms with Gasteiger partial charge in [-0.05, 0) is 12.5 Å². The zero-order chi connectivity index (χ0) is 16.4. The maximum absolute atomic E-state index is 12.5. The number of carbonyl (C=O) groups excluding carboxylic acids is 1. The fourth-order valence-electron chi connectivity index (χ4n) is 2.51. The topological polar surface area (TPSA) is 85.4 Å². The summed E-state index contributed by atoms with van der Waals surface area (Å²) in [5.74, 6) is 1.49. The highest BCUT2D eigenvalue weighted by Crippen LogP contribution is 2.35. The van der Waals surface area contributed by atoms with Gasteiger partial charge in [0, 0.05) is 32.7 Å². The lowest BCUT2D eigenvalue weighted by molar-refractivity contribution is 0.0946. The number of nitrogens with one attached hydrogen (secondary N) is 2. The maximum atomic E-state index is 12.5. The smallest absolute Gasteiger partial charge is 0.261 e. The first-order chi connectivity index (χ1) is 11.1. The van der Waals surface area contributed by atoms with E-state index >= 15 is 0 Å². The summed E-state index contributed by atoms with van der Waals surface area (Å²) in [6.07, 6.45) is 0.